The molecule has 40 heavy (non-hydrogen) atoms. The highest BCUT2D eigenvalue weighted by Gasteiger charge is 2.27. The third-order valence-corrected chi connectivity index (χ3v) is 7.61. The van der Waals surface area contributed by atoms with Crippen LogP contribution in [-0.2, 0) is 24.1 Å². The molecule has 1 aliphatic carbocycles. The topological polar surface area (TPSA) is 89.5 Å². The van der Waals surface area contributed by atoms with Crippen LogP contribution < -0.4 is 15.4 Å². The summed E-state index contributed by atoms with van der Waals surface area (Å²) in [6, 6.07) is 5.73. The average Bonchev–Trinajstić information content (AvgIpc) is 2.86. The van der Waals surface area contributed by atoms with Crippen LogP contribution in [0.2, 0.25) is 5.02 Å². The molecule has 2 heterocycles. The van der Waals surface area contributed by atoms with Crippen molar-refractivity contribution in [2.24, 2.45) is 0 Å². The molecule has 1 aromatic heterocycles. The number of allylic oxidation sites excluding steroid dienone is 2. The van der Waals surface area contributed by atoms with E-state index in [0.717, 1.165) is 67.5 Å². The van der Waals surface area contributed by atoms with Gasteiger partial charge >= 0.3 is 6.09 Å². The lowest BCUT2D eigenvalue weighted by Gasteiger charge is -2.31. The van der Waals surface area contributed by atoms with Gasteiger partial charge in [-0.25, -0.2) is 4.79 Å². The zero-order valence-electron chi connectivity index (χ0n) is 24.4. The number of amides is 2. The highest BCUT2D eigenvalue weighted by molar-refractivity contribution is 6.31. The third-order valence-electron chi connectivity index (χ3n) is 7.39. The van der Waals surface area contributed by atoms with Crippen molar-refractivity contribution in [1.82, 2.24) is 15.6 Å². The molecule has 0 unspecified atom stereocenters. The molecule has 0 spiro atoms. The van der Waals surface area contributed by atoms with Gasteiger partial charge in [0.2, 0.25) is 0 Å². The summed E-state index contributed by atoms with van der Waals surface area (Å²) in [4.78, 5) is 30.3. The minimum Gasteiger partial charge on any atom is -0.490 e. The maximum atomic E-state index is 13.5. The monoisotopic (exact) mass is 567 g/mol. The number of rotatable bonds is 3. The minimum atomic E-state index is -0.526. The molecule has 0 saturated heterocycles. The average molecular weight is 568 g/mol. The first-order chi connectivity index (χ1) is 19.0. The van der Waals surface area contributed by atoms with Gasteiger partial charge in [0.1, 0.15) is 11.4 Å². The van der Waals surface area contributed by atoms with Crippen LogP contribution in [0.4, 0.5) is 4.79 Å². The Morgan fingerprint density at radius 1 is 1.07 bits per heavy atom. The molecule has 2 N–H and O–H groups in total. The summed E-state index contributed by atoms with van der Waals surface area (Å²) in [5, 5.41) is 6.57. The van der Waals surface area contributed by atoms with E-state index in [0.29, 0.717) is 29.3 Å². The van der Waals surface area contributed by atoms with Crippen molar-refractivity contribution >= 4 is 23.6 Å². The van der Waals surface area contributed by atoms with E-state index in [-0.39, 0.29) is 24.1 Å². The molecule has 4 rings (SSSR count). The van der Waals surface area contributed by atoms with Gasteiger partial charge in [-0.15, -0.1) is 0 Å². The number of hydrogen-bond acceptors (Lipinski definition) is 5. The number of nitrogens with zero attached hydrogens (tertiary/aromatic N) is 1. The number of aromatic nitrogens is 1. The number of ether oxygens (including phenoxy) is 2. The first-order valence-corrected chi connectivity index (χ1v) is 14.7. The molecular formula is C32H42ClN3O4. The van der Waals surface area contributed by atoms with Gasteiger partial charge in [-0.2, -0.15) is 0 Å². The number of nitrogens with one attached hydrogen (secondary N) is 2. The Bertz CT molecular complexity index is 1260. The predicted molar refractivity (Wildman–Crippen MR) is 158 cm³/mol. The first kappa shape index (κ1) is 29.9. The normalized spacial score (nSPS) is 20.9. The van der Waals surface area contributed by atoms with Crippen LogP contribution in [-0.4, -0.2) is 34.7 Å². The van der Waals surface area contributed by atoms with Gasteiger partial charge in [0.25, 0.3) is 5.91 Å². The fourth-order valence-electron chi connectivity index (χ4n) is 5.50. The van der Waals surface area contributed by atoms with Crippen molar-refractivity contribution in [3.05, 3.63) is 69.0 Å². The maximum Gasteiger partial charge on any atom is 0.407 e. The number of carbonyl (C=O) groups excluding carboxylic acids is 2. The summed E-state index contributed by atoms with van der Waals surface area (Å²) >= 11 is 6.52. The molecular weight excluding hydrogens is 526 g/mol. The molecule has 2 aromatic rings. The number of pyridine rings is 1. The van der Waals surface area contributed by atoms with Gasteiger partial charge in [0.15, 0.2) is 0 Å². The summed E-state index contributed by atoms with van der Waals surface area (Å²) in [5.41, 5.74) is 5.12. The molecule has 8 heteroatoms. The molecule has 2 amide bonds. The van der Waals surface area contributed by atoms with E-state index in [1.54, 1.807) is 6.07 Å². The van der Waals surface area contributed by atoms with E-state index >= 15 is 0 Å². The van der Waals surface area contributed by atoms with Crippen LogP contribution in [0.5, 0.6) is 5.75 Å². The van der Waals surface area contributed by atoms with Crippen LogP contribution in [0.15, 0.2) is 30.4 Å². The Morgan fingerprint density at radius 3 is 2.55 bits per heavy atom. The van der Waals surface area contributed by atoms with E-state index in [2.05, 4.69) is 33.8 Å². The molecule has 216 valence electrons. The Morgan fingerprint density at radius 2 is 1.82 bits per heavy atom. The van der Waals surface area contributed by atoms with Gasteiger partial charge in [-0.1, -0.05) is 23.8 Å². The van der Waals surface area contributed by atoms with Crippen molar-refractivity contribution in [1.29, 1.82) is 0 Å². The Hall–Kier alpha value is -3.06. The molecule has 1 fully saturated rings. The van der Waals surface area contributed by atoms with Crippen LogP contribution >= 0.6 is 11.6 Å². The van der Waals surface area contributed by atoms with Gasteiger partial charge in [-0.05, 0) is 115 Å². The van der Waals surface area contributed by atoms with Crippen molar-refractivity contribution in [2.75, 3.05) is 0 Å². The highest BCUT2D eigenvalue weighted by atomic mass is 35.5. The standard InChI is InChI=1S/C32H42ClN3O4/c1-20-16-22-10-8-6-7-9-11-26-27(30(37)34-19-28(22)21(2)35-20)17-23(33)18-29(26)39-25-14-12-24(13-15-25)36-31(38)40-32(3,4)5/h7,9,16-18,24-25H,6,8,10-15,19H2,1-5H3,(H,34,37)(H,36,38)/b9-7+. The number of halogens is 1. The van der Waals surface area contributed by atoms with E-state index < -0.39 is 5.60 Å². The van der Waals surface area contributed by atoms with Crippen LogP contribution in [0.25, 0.3) is 0 Å². The van der Waals surface area contributed by atoms with Crippen LogP contribution in [0.1, 0.15) is 97.7 Å². The SMILES string of the molecule is Cc1cc2c(c(C)n1)CNC(=O)c1cc(Cl)cc(OC3CCC(NC(=O)OC(C)(C)C)CC3)c1C/C=C/CCC2. The molecule has 2 aliphatic rings. The third kappa shape index (κ3) is 8.23. The zero-order chi connectivity index (χ0) is 28.9. The number of benzene rings is 1. The van der Waals surface area contributed by atoms with Crippen molar-refractivity contribution in [2.45, 2.75) is 110 Å². The summed E-state index contributed by atoms with van der Waals surface area (Å²) in [5.74, 6) is 0.473. The second-order valence-corrected chi connectivity index (χ2v) is 12.3. The fraction of sp³-hybridized carbons (Fsp3) is 0.531. The lowest BCUT2D eigenvalue weighted by molar-refractivity contribution is 0.0470. The highest BCUT2D eigenvalue weighted by Crippen LogP contribution is 2.33. The summed E-state index contributed by atoms with van der Waals surface area (Å²) in [7, 11) is 0. The van der Waals surface area contributed by atoms with E-state index in [4.69, 9.17) is 21.1 Å². The molecule has 0 atom stereocenters. The van der Waals surface area contributed by atoms with Gasteiger partial charge in [0, 0.05) is 40.1 Å². The first-order valence-electron chi connectivity index (χ1n) is 14.4. The molecule has 1 aliphatic heterocycles. The largest absolute Gasteiger partial charge is 0.490 e. The van der Waals surface area contributed by atoms with E-state index in [9.17, 15) is 9.59 Å². The molecule has 7 nitrogen and oxygen atoms in total. The van der Waals surface area contributed by atoms with Gasteiger partial charge < -0.3 is 20.1 Å². The summed E-state index contributed by atoms with van der Waals surface area (Å²) in [6.07, 6.45) is 10.5. The quantitative estimate of drug-likeness (QED) is 0.392. The Labute approximate surface area is 243 Å². The molecule has 0 bridgehead atoms. The van der Waals surface area contributed by atoms with Crippen LogP contribution in [0.3, 0.4) is 0 Å². The molecule has 1 aromatic carbocycles. The van der Waals surface area contributed by atoms with Gasteiger partial charge in [0.05, 0.1) is 6.10 Å². The van der Waals surface area contributed by atoms with Gasteiger partial charge in [-0.3, -0.25) is 9.78 Å². The Balaban J connectivity index is 1.50. The lowest BCUT2D eigenvalue weighted by atomic mass is 9.92. The number of carbonyl (C=O) groups is 2. The number of alkyl carbamates (subject to hydrolysis) is 1. The molecule has 1 saturated carbocycles. The number of aryl methyl sites for hydroxylation is 3. The zero-order valence-corrected chi connectivity index (χ0v) is 25.1. The second kappa shape index (κ2) is 13.1. The van der Waals surface area contributed by atoms with Crippen molar-refractivity contribution < 1.29 is 19.1 Å². The summed E-state index contributed by atoms with van der Waals surface area (Å²) < 4.78 is 11.9. The Kier molecular flexibility index (Phi) is 9.77. The molecule has 0 radical (unpaired) electrons. The van der Waals surface area contributed by atoms with Crippen molar-refractivity contribution in [3.63, 3.8) is 0 Å². The minimum absolute atomic E-state index is 0.0280. The number of hydrogen-bond donors (Lipinski definition) is 2. The smallest absolute Gasteiger partial charge is 0.407 e. The second-order valence-electron chi connectivity index (χ2n) is 11.9. The fourth-order valence-corrected chi connectivity index (χ4v) is 5.71. The number of fused-ring (bicyclic) bond motifs is 2. The predicted octanol–water partition coefficient (Wildman–Crippen LogP) is 6.93. The van der Waals surface area contributed by atoms with Crippen LogP contribution in [0, 0.1) is 13.8 Å². The lowest BCUT2D eigenvalue weighted by Crippen LogP contribution is -2.42. The summed E-state index contributed by atoms with van der Waals surface area (Å²) in [6.45, 7) is 10.00. The van der Waals surface area contributed by atoms with Crippen molar-refractivity contribution in [3.8, 4) is 5.75 Å². The van der Waals surface area contributed by atoms with E-state index in [1.165, 1.54) is 5.56 Å². The van der Waals surface area contributed by atoms with E-state index in [1.807, 2.05) is 40.7 Å². The maximum absolute atomic E-state index is 13.5.